The van der Waals surface area contributed by atoms with Crippen LogP contribution < -0.4 is 5.32 Å². The van der Waals surface area contributed by atoms with Gasteiger partial charge in [-0.25, -0.2) is 4.39 Å². The summed E-state index contributed by atoms with van der Waals surface area (Å²) in [6, 6.07) is 6.67. The maximum atomic E-state index is 13.6. The molecule has 0 bridgehead atoms. The summed E-state index contributed by atoms with van der Waals surface area (Å²) >= 11 is 1.76. The van der Waals surface area contributed by atoms with Crippen LogP contribution in [0.2, 0.25) is 0 Å². The summed E-state index contributed by atoms with van der Waals surface area (Å²) in [4.78, 5) is 15.8. The molecule has 1 unspecified atom stereocenters. The Hall–Kier alpha value is -1.88. The molecule has 1 amide bonds. The van der Waals surface area contributed by atoms with Crippen molar-refractivity contribution in [3.05, 3.63) is 51.5 Å². The fourth-order valence-corrected chi connectivity index (χ4v) is 3.59. The summed E-state index contributed by atoms with van der Waals surface area (Å²) in [6.07, 6.45) is 0.921. The molecule has 0 radical (unpaired) electrons. The van der Waals surface area contributed by atoms with Crippen LogP contribution in [0.1, 0.15) is 22.9 Å². The van der Waals surface area contributed by atoms with Gasteiger partial charge in [0.15, 0.2) is 0 Å². The van der Waals surface area contributed by atoms with Crippen molar-refractivity contribution in [2.24, 2.45) is 0 Å². The lowest BCUT2D eigenvalue weighted by atomic mass is 10.1. The highest BCUT2D eigenvalue weighted by Crippen LogP contribution is 2.24. The Labute approximate surface area is 133 Å². The first kappa shape index (κ1) is 15.0. The Bertz CT molecular complexity index is 698. The van der Waals surface area contributed by atoms with E-state index >= 15 is 0 Å². The normalized spacial score (nSPS) is 15.3. The molecular weight excluding hydrogens is 299 g/mol. The van der Waals surface area contributed by atoms with Crippen LogP contribution in [-0.4, -0.2) is 23.4 Å². The Morgan fingerprint density at radius 1 is 1.41 bits per heavy atom. The second kappa shape index (κ2) is 6.08. The Morgan fingerprint density at radius 3 is 3.00 bits per heavy atom. The van der Waals surface area contributed by atoms with Gasteiger partial charge in [0, 0.05) is 23.7 Å². The summed E-state index contributed by atoms with van der Waals surface area (Å²) in [7, 11) is 0. The minimum absolute atomic E-state index is 0.0535. The lowest BCUT2D eigenvalue weighted by Gasteiger charge is -2.30. The molecule has 0 spiro atoms. The number of aryl methyl sites for hydroxylation is 1. The number of hydrogen-bond donors (Lipinski definition) is 1. The van der Waals surface area contributed by atoms with Crippen molar-refractivity contribution >= 4 is 22.9 Å². The van der Waals surface area contributed by atoms with E-state index in [1.54, 1.807) is 30.4 Å². The molecular formula is C17H19FN2OS. The van der Waals surface area contributed by atoms with Gasteiger partial charge in [-0.05, 0) is 55.0 Å². The van der Waals surface area contributed by atoms with Crippen LogP contribution >= 0.6 is 11.3 Å². The minimum atomic E-state index is -0.373. The zero-order valence-corrected chi connectivity index (χ0v) is 13.5. The largest absolute Gasteiger partial charge is 0.374 e. The fraction of sp³-hybridized carbons (Fsp3) is 0.353. The molecule has 0 aliphatic carbocycles. The Morgan fingerprint density at radius 2 is 2.23 bits per heavy atom. The van der Waals surface area contributed by atoms with Crippen LogP contribution in [-0.2, 0) is 17.8 Å². The van der Waals surface area contributed by atoms with Gasteiger partial charge < -0.3 is 10.2 Å². The highest BCUT2D eigenvalue weighted by Gasteiger charge is 2.25. The average molecular weight is 318 g/mol. The smallest absolute Gasteiger partial charge is 0.245 e. The molecule has 1 aliphatic rings. The summed E-state index contributed by atoms with van der Waals surface area (Å²) in [6.45, 7) is 4.97. The number of amides is 1. The Kier molecular flexibility index (Phi) is 4.16. The first-order chi connectivity index (χ1) is 10.5. The topological polar surface area (TPSA) is 32.3 Å². The third-order valence-electron chi connectivity index (χ3n) is 4.04. The van der Waals surface area contributed by atoms with Crippen LogP contribution in [0.25, 0.3) is 0 Å². The molecule has 22 heavy (non-hydrogen) atoms. The lowest BCUT2D eigenvalue weighted by molar-refractivity contribution is -0.132. The van der Waals surface area contributed by atoms with Crippen molar-refractivity contribution in [3.8, 4) is 0 Å². The molecule has 2 aromatic rings. The lowest BCUT2D eigenvalue weighted by Crippen LogP contribution is -2.43. The van der Waals surface area contributed by atoms with E-state index in [1.165, 1.54) is 16.5 Å². The zero-order chi connectivity index (χ0) is 15.7. The molecule has 3 rings (SSSR count). The van der Waals surface area contributed by atoms with Crippen molar-refractivity contribution in [1.29, 1.82) is 0 Å². The molecule has 1 N–H and O–H groups in total. The summed E-state index contributed by atoms with van der Waals surface area (Å²) < 4.78 is 13.6. The standard InChI is InChI=1S/C17H19FN2OS/c1-11-3-4-14(9-15(11)18)19-12(2)17(21)20-7-5-16-13(10-20)6-8-22-16/h3-4,6,8-9,12,19H,5,7,10H2,1-2H3. The van der Waals surface area contributed by atoms with Gasteiger partial charge in [-0.1, -0.05) is 6.07 Å². The predicted molar refractivity (Wildman–Crippen MR) is 87.7 cm³/mol. The summed E-state index contributed by atoms with van der Waals surface area (Å²) in [5.41, 5.74) is 2.49. The van der Waals surface area contributed by atoms with Gasteiger partial charge in [0.2, 0.25) is 5.91 Å². The number of anilines is 1. The van der Waals surface area contributed by atoms with Crippen LogP contribution in [0, 0.1) is 12.7 Å². The molecule has 116 valence electrons. The van der Waals surface area contributed by atoms with Gasteiger partial charge >= 0.3 is 0 Å². The average Bonchev–Trinajstić information content (AvgIpc) is 2.97. The third-order valence-corrected chi connectivity index (χ3v) is 5.07. The van der Waals surface area contributed by atoms with Crippen LogP contribution in [0.3, 0.4) is 0 Å². The molecule has 2 heterocycles. The van der Waals surface area contributed by atoms with Crippen molar-refractivity contribution in [2.75, 3.05) is 11.9 Å². The van der Waals surface area contributed by atoms with Gasteiger partial charge in [0.1, 0.15) is 11.9 Å². The van der Waals surface area contributed by atoms with Crippen molar-refractivity contribution < 1.29 is 9.18 Å². The van der Waals surface area contributed by atoms with E-state index in [9.17, 15) is 9.18 Å². The van der Waals surface area contributed by atoms with E-state index in [2.05, 4.69) is 16.8 Å². The number of carbonyl (C=O) groups is 1. The number of carbonyl (C=O) groups excluding carboxylic acids is 1. The molecule has 1 aromatic carbocycles. The second-order valence-electron chi connectivity index (χ2n) is 5.71. The molecule has 1 aliphatic heterocycles. The number of fused-ring (bicyclic) bond motifs is 1. The quantitative estimate of drug-likeness (QED) is 0.938. The van der Waals surface area contributed by atoms with E-state index in [1.807, 2.05) is 11.8 Å². The number of halogens is 1. The van der Waals surface area contributed by atoms with Crippen LogP contribution in [0.5, 0.6) is 0 Å². The number of benzene rings is 1. The molecule has 0 saturated carbocycles. The van der Waals surface area contributed by atoms with E-state index in [4.69, 9.17) is 0 Å². The van der Waals surface area contributed by atoms with E-state index in [0.717, 1.165) is 13.0 Å². The highest BCUT2D eigenvalue weighted by atomic mass is 32.1. The zero-order valence-electron chi connectivity index (χ0n) is 12.7. The molecule has 1 atom stereocenters. The van der Waals surface area contributed by atoms with Gasteiger partial charge in [0.25, 0.3) is 0 Å². The van der Waals surface area contributed by atoms with E-state index in [0.29, 0.717) is 17.8 Å². The van der Waals surface area contributed by atoms with Gasteiger partial charge in [-0.2, -0.15) is 0 Å². The molecule has 0 fully saturated rings. The number of nitrogens with one attached hydrogen (secondary N) is 1. The second-order valence-corrected chi connectivity index (χ2v) is 6.71. The number of thiophene rings is 1. The maximum Gasteiger partial charge on any atom is 0.245 e. The highest BCUT2D eigenvalue weighted by molar-refractivity contribution is 7.10. The van der Waals surface area contributed by atoms with Crippen LogP contribution in [0.4, 0.5) is 10.1 Å². The van der Waals surface area contributed by atoms with Crippen molar-refractivity contribution in [1.82, 2.24) is 4.90 Å². The molecule has 5 heteroatoms. The number of rotatable bonds is 3. The van der Waals surface area contributed by atoms with Crippen LogP contribution in [0.15, 0.2) is 29.6 Å². The van der Waals surface area contributed by atoms with Gasteiger partial charge in [-0.15, -0.1) is 11.3 Å². The molecule has 1 aromatic heterocycles. The van der Waals surface area contributed by atoms with E-state index < -0.39 is 0 Å². The first-order valence-electron chi connectivity index (χ1n) is 7.41. The minimum Gasteiger partial charge on any atom is -0.374 e. The van der Waals surface area contributed by atoms with Gasteiger partial charge in [0.05, 0.1) is 0 Å². The van der Waals surface area contributed by atoms with Crippen molar-refractivity contribution in [3.63, 3.8) is 0 Å². The molecule has 3 nitrogen and oxygen atoms in total. The monoisotopic (exact) mass is 318 g/mol. The SMILES string of the molecule is Cc1ccc(NC(C)C(=O)N2CCc3sccc3C2)cc1F. The number of nitrogens with zero attached hydrogens (tertiary/aromatic N) is 1. The van der Waals surface area contributed by atoms with E-state index in [-0.39, 0.29) is 17.8 Å². The molecule has 0 saturated heterocycles. The summed E-state index contributed by atoms with van der Waals surface area (Å²) in [5.74, 6) is -0.205. The Balaban J connectivity index is 1.66. The van der Waals surface area contributed by atoms with Crippen molar-refractivity contribution in [2.45, 2.75) is 32.9 Å². The maximum absolute atomic E-state index is 13.6. The van der Waals surface area contributed by atoms with Gasteiger partial charge in [-0.3, -0.25) is 4.79 Å². The summed E-state index contributed by atoms with van der Waals surface area (Å²) in [5, 5.41) is 5.17. The predicted octanol–water partition coefficient (Wildman–Crippen LogP) is 3.58. The third kappa shape index (κ3) is 2.99. The number of hydrogen-bond acceptors (Lipinski definition) is 3. The fourth-order valence-electron chi connectivity index (χ4n) is 2.70. The first-order valence-corrected chi connectivity index (χ1v) is 8.29.